The molecule has 5 heteroatoms. The van der Waals surface area contributed by atoms with Gasteiger partial charge in [0.25, 0.3) is 0 Å². The van der Waals surface area contributed by atoms with Gasteiger partial charge in [0.15, 0.2) is 6.10 Å². The van der Waals surface area contributed by atoms with Crippen molar-refractivity contribution >= 4 is 11.9 Å². The van der Waals surface area contributed by atoms with Gasteiger partial charge in [0.2, 0.25) is 0 Å². The molecule has 0 aliphatic rings. The van der Waals surface area contributed by atoms with Gasteiger partial charge in [-0.25, -0.2) is 9.59 Å². The first-order valence-corrected chi connectivity index (χ1v) is 6.63. The Balaban J connectivity index is 2.90. The van der Waals surface area contributed by atoms with E-state index in [0.717, 1.165) is 11.6 Å². The van der Waals surface area contributed by atoms with Crippen LogP contribution in [0.25, 0.3) is 0 Å². The van der Waals surface area contributed by atoms with Gasteiger partial charge >= 0.3 is 11.9 Å². The molecule has 0 heterocycles. The second-order valence-electron chi connectivity index (χ2n) is 4.34. The zero-order valence-corrected chi connectivity index (χ0v) is 12.7. The molecular formula is C17H18O5. The van der Waals surface area contributed by atoms with E-state index in [1.54, 1.807) is 0 Å². The maximum Gasteiger partial charge on any atom is 0.384 e. The largest absolute Gasteiger partial charge is 0.484 e. The second-order valence-corrected chi connectivity index (χ2v) is 4.34. The van der Waals surface area contributed by atoms with E-state index in [1.807, 2.05) is 37.3 Å². The first-order chi connectivity index (χ1) is 10.6. The highest BCUT2D eigenvalue weighted by atomic mass is 16.5. The van der Waals surface area contributed by atoms with Gasteiger partial charge in [0, 0.05) is 11.8 Å². The smallest absolute Gasteiger partial charge is 0.384 e. The normalized spacial score (nSPS) is 12.7. The van der Waals surface area contributed by atoms with E-state index in [4.69, 9.17) is 4.74 Å². The lowest BCUT2D eigenvalue weighted by Gasteiger charge is -2.18. The molecule has 5 nitrogen and oxygen atoms in total. The minimum atomic E-state index is -0.647. The predicted octanol–water partition coefficient (Wildman–Crippen LogP) is 2.04. The average Bonchev–Trinajstić information content (AvgIpc) is 2.57. The fourth-order valence-corrected chi connectivity index (χ4v) is 1.64. The van der Waals surface area contributed by atoms with E-state index in [2.05, 4.69) is 21.3 Å². The molecule has 1 aromatic carbocycles. The van der Waals surface area contributed by atoms with E-state index in [1.165, 1.54) is 20.5 Å². The zero-order valence-electron chi connectivity index (χ0n) is 12.7. The summed E-state index contributed by atoms with van der Waals surface area (Å²) in [5, 5.41) is 0. The fraction of sp³-hybridized carbons (Fsp3) is 0.294. The fourth-order valence-electron chi connectivity index (χ4n) is 1.64. The molecule has 0 bridgehead atoms. The third kappa shape index (κ3) is 5.71. The van der Waals surface area contributed by atoms with Gasteiger partial charge < -0.3 is 14.2 Å². The van der Waals surface area contributed by atoms with E-state index in [0.29, 0.717) is 0 Å². The number of benzene rings is 1. The Hall–Kier alpha value is -2.74. The van der Waals surface area contributed by atoms with Crippen molar-refractivity contribution < 1.29 is 23.8 Å². The van der Waals surface area contributed by atoms with E-state index in [-0.39, 0.29) is 5.92 Å². The molecule has 0 aliphatic carbocycles. The molecule has 1 aromatic rings. The van der Waals surface area contributed by atoms with Crippen molar-refractivity contribution in [3.63, 3.8) is 0 Å². The van der Waals surface area contributed by atoms with Crippen molar-refractivity contribution in [1.82, 2.24) is 0 Å². The van der Waals surface area contributed by atoms with Crippen LogP contribution in [0.5, 0.6) is 0 Å². The number of ether oxygens (including phenoxy) is 3. The molecule has 1 rings (SSSR count). The van der Waals surface area contributed by atoms with Crippen LogP contribution in [0.2, 0.25) is 0 Å². The Bertz CT molecular complexity index is 580. The van der Waals surface area contributed by atoms with E-state index >= 15 is 0 Å². The van der Waals surface area contributed by atoms with Crippen molar-refractivity contribution in [3.05, 3.63) is 48.2 Å². The van der Waals surface area contributed by atoms with E-state index in [9.17, 15) is 9.59 Å². The summed E-state index contributed by atoms with van der Waals surface area (Å²) in [6, 6.07) is 9.58. The van der Waals surface area contributed by atoms with Crippen LogP contribution in [0.15, 0.2) is 42.7 Å². The number of rotatable bonds is 5. The quantitative estimate of drug-likeness (QED) is 0.274. The molecule has 0 saturated heterocycles. The lowest BCUT2D eigenvalue weighted by Crippen LogP contribution is -2.17. The molecule has 0 aromatic heterocycles. The average molecular weight is 302 g/mol. The molecule has 22 heavy (non-hydrogen) atoms. The zero-order chi connectivity index (χ0) is 16.4. The number of methoxy groups -OCH3 is 2. The van der Waals surface area contributed by atoms with Crippen molar-refractivity contribution in [2.24, 2.45) is 0 Å². The first-order valence-electron chi connectivity index (χ1n) is 6.63. The van der Waals surface area contributed by atoms with Crippen LogP contribution in [-0.2, 0) is 23.8 Å². The van der Waals surface area contributed by atoms with Crippen LogP contribution < -0.4 is 0 Å². The standard InChI is InChI=1S/C17H18O5/c1-13(14-7-5-4-6-8-14)15(9-10-16(18)20-2)22-12-11-17(19)21-3/h4-8,11-13,15H,1-3H3/b12-11+. The Morgan fingerprint density at radius 3 is 2.41 bits per heavy atom. The molecular weight excluding hydrogens is 284 g/mol. The van der Waals surface area contributed by atoms with Gasteiger partial charge in [-0.1, -0.05) is 37.3 Å². The number of carbonyl (C=O) groups is 2. The summed E-state index contributed by atoms with van der Waals surface area (Å²) in [5.74, 6) is 3.77. The molecule has 0 saturated carbocycles. The Morgan fingerprint density at radius 2 is 1.82 bits per heavy atom. The highest BCUT2D eigenvalue weighted by molar-refractivity contribution is 5.88. The van der Waals surface area contributed by atoms with Crippen LogP contribution in [0.3, 0.4) is 0 Å². The molecule has 0 radical (unpaired) electrons. The van der Waals surface area contributed by atoms with Crippen molar-refractivity contribution in [2.75, 3.05) is 14.2 Å². The van der Waals surface area contributed by atoms with Crippen LogP contribution in [0.4, 0.5) is 0 Å². The van der Waals surface area contributed by atoms with Crippen LogP contribution in [-0.4, -0.2) is 32.3 Å². The molecule has 0 fully saturated rings. The van der Waals surface area contributed by atoms with Crippen LogP contribution >= 0.6 is 0 Å². The Morgan fingerprint density at radius 1 is 1.14 bits per heavy atom. The summed E-state index contributed by atoms with van der Waals surface area (Å²) in [5.41, 5.74) is 0.998. The lowest BCUT2D eigenvalue weighted by atomic mass is 9.95. The molecule has 0 spiro atoms. The van der Waals surface area contributed by atoms with Gasteiger partial charge in [-0.05, 0) is 11.5 Å². The van der Waals surface area contributed by atoms with Crippen LogP contribution in [0, 0.1) is 11.8 Å². The molecule has 2 atom stereocenters. The molecule has 116 valence electrons. The summed E-state index contributed by atoms with van der Waals surface area (Å²) in [6.45, 7) is 1.91. The molecule has 0 aliphatic heterocycles. The maximum atomic E-state index is 11.2. The highest BCUT2D eigenvalue weighted by Gasteiger charge is 2.17. The summed E-state index contributed by atoms with van der Waals surface area (Å²) >= 11 is 0. The summed E-state index contributed by atoms with van der Waals surface area (Å²) in [7, 11) is 2.53. The monoisotopic (exact) mass is 302 g/mol. The summed E-state index contributed by atoms with van der Waals surface area (Å²) in [6.07, 6.45) is 1.74. The number of hydrogen-bond acceptors (Lipinski definition) is 5. The minimum absolute atomic E-state index is 0.111. The van der Waals surface area contributed by atoms with Gasteiger partial charge in [-0.2, -0.15) is 0 Å². The topological polar surface area (TPSA) is 61.8 Å². The van der Waals surface area contributed by atoms with Gasteiger partial charge in [0.05, 0.1) is 26.6 Å². The second kappa shape index (κ2) is 9.24. The van der Waals surface area contributed by atoms with Gasteiger partial charge in [-0.15, -0.1) is 0 Å². The van der Waals surface area contributed by atoms with Crippen molar-refractivity contribution in [3.8, 4) is 11.8 Å². The van der Waals surface area contributed by atoms with Crippen molar-refractivity contribution in [2.45, 2.75) is 18.9 Å². The predicted molar refractivity (Wildman–Crippen MR) is 80.7 cm³/mol. The number of carbonyl (C=O) groups excluding carboxylic acids is 2. The third-order valence-electron chi connectivity index (χ3n) is 2.91. The van der Waals surface area contributed by atoms with Crippen molar-refractivity contribution in [1.29, 1.82) is 0 Å². The summed E-state index contributed by atoms with van der Waals surface area (Å²) < 4.78 is 14.4. The van der Waals surface area contributed by atoms with Gasteiger partial charge in [0.1, 0.15) is 0 Å². The number of esters is 2. The SMILES string of the molecule is COC(=O)C#CC(O/C=C/C(=O)OC)C(C)c1ccccc1. The third-order valence-corrected chi connectivity index (χ3v) is 2.91. The summed E-state index contributed by atoms with van der Waals surface area (Å²) in [4.78, 5) is 22.2. The minimum Gasteiger partial charge on any atom is -0.484 e. The Labute approximate surface area is 129 Å². The lowest BCUT2D eigenvalue weighted by molar-refractivity contribution is -0.135. The maximum absolute atomic E-state index is 11.2. The van der Waals surface area contributed by atoms with E-state index < -0.39 is 18.0 Å². The first kappa shape index (κ1) is 17.3. The molecule has 0 N–H and O–H groups in total. The van der Waals surface area contributed by atoms with Gasteiger partial charge in [-0.3, -0.25) is 0 Å². The molecule has 2 unspecified atom stereocenters. The van der Waals surface area contributed by atoms with Crippen LogP contribution in [0.1, 0.15) is 18.4 Å². The Kier molecular flexibility index (Phi) is 7.27. The molecule has 0 amide bonds. The highest BCUT2D eigenvalue weighted by Crippen LogP contribution is 2.21. The number of hydrogen-bond donors (Lipinski definition) is 0.